The van der Waals surface area contributed by atoms with Crippen LogP contribution in [0.5, 0.6) is 23.0 Å². The van der Waals surface area contributed by atoms with Crippen LogP contribution in [-0.2, 0) is 5.41 Å². The molecule has 8 nitrogen and oxygen atoms in total. The lowest BCUT2D eigenvalue weighted by molar-refractivity contribution is -0.288. The average molecular weight is 606 g/mol. The minimum absolute atomic E-state index is 0.104. The summed E-state index contributed by atoms with van der Waals surface area (Å²) in [4.78, 5) is 22.9. The van der Waals surface area contributed by atoms with Crippen molar-refractivity contribution in [2.45, 2.75) is 17.8 Å². The Bertz CT molecular complexity index is 1540. The van der Waals surface area contributed by atoms with Gasteiger partial charge in [0.2, 0.25) is 5.41 Å². The van der Waals surface area contributed by atoms with E-state index in [0.717, 1.165) is 48.5 Å². The number of carboxylic acid groups (broad SMARTS) is 2. The van der Waals surface area contributed by atoms with E-state index in [1.165, 1.54) is 12.1 Å². The van der Waals surface area contributed by atoms with Gasteiger partial charge in [0.25, 0.3) is 0 Å². The molecule has 0 unspecified atom stereocenters. The first-order valence-corrected chi connectivity index (χ1v) is 12.0. The quantitative estimate of drug-likeness (QED) is 0.121. The first-order chi connectivity index (χ1) is 20.0. The van der Waals surface area contributed by atoms with Crippen LogP contribution >= 0.6 is 0 Å². The third kappa shape index (κ3) is 5.84. The molecule has 14 heteroatoms. The van der Waals surface area contributed by atoms with Gasteiger partial charge in [0.05, 0.1) is 0 Å². The van der Waals surface area contributed by atoms with Crippen LogP contribution in [0.3, 0.4) is 0 Å². The van der Waals surface area contributed by atoms with Crippen LogP contribution in [0.2, 0.25) is 0 Å². The van der Waals surface area contributed by atoms with E-state index in [4.69, 9.17) is 20.9 Å². The topological polar surface area (TPSA) is 145 Å². The SMILES string of the molecule is Nc1ccc(C(=O)O)c(Oc2ccc(C(c3ccc(Oc4cc(N)ccc4C(=O)O)cc3)(C(F)(F)F)C(F)(F)F)cc2)c1. The molecule has 0 aliphatic carbocycles. The van der Waals surface area contributed by atoms with Crippen LogP contribution < -0.4 is 20.9 Å². The molecule has 0 radical (unpaired) electrons. The van der Waals surface area contributed by atoms with Crippen LogP contribution in [0.4, 0.5) is 37.7 Å². The van der Waals surface area contributed by atoms with Crippen molar-refractivity contribution in [3.05, 3.63) is 107 Å². The van der Waals surface area contributed by atoms with Gasteiger partial charge in [-0.1, -0.05) is 24.3 Å². The molecule has 0 aromatic heterocycles. The van der Waals surface area contributed by atoms with Crippen molar-refractivity contribution < 1.29 is 55.6 Å². The van der Waals surface area contributed by atoms with Gasteiger partial charge in [-0.05, 0) is 59.7 Å². The molecule has 0 saturated heterocycles. The van der Waals surface area contributed by atoms with Crippen LogP contribution in [0.25, 0.3) is 0 Å². The fourth-order valence-electron chi connectivity index (χ4n) is 4.38. The second-order valence-corrected chi connectivity index (χ2v) is 9.12. The molecule has 4 aromatic carbocycles. The number of alkyl halides is 6. The van der Waals surface area contributed by atoms with Gasteiger partial charge in [-0.2, -0.15) is 26.3 Å². The van der Waals surface area contributed by atoms with E-state index in [1.807, 2.05) is 0 Å². The third-order valence-corrected chi connectivity index (χ3v) is 6.35. The molecule has 0 aliphatic heterocycles. The van der Waals surface area contributed by atoms with Gasteiger partial charge in [0, 0.05) is 23.5 Å². The second kappa shape index (κ2) is 11.1. The number of carboxylic acids is 2. The monoisotopic (exact) mass is 606 g/mol. The Balaban J connectivity index is 1.76. The smallest absolute Gasteiger partial charge is 0.411 e. The standard InChI is InChI=1S/C29H20F6N2O6/c30-28(31,32)27(29(33,34)35,15-1-7-19(8-2-15)42-23-13-17(36)5-11-21(23)25(38)39)16-3-9-20(10-4-16)43-24-14-18(37)6-12-22(24)26(40)41/h1-14H,36-37H2,(H,38,39)(H,40,41). The summed E-state index contributed by atoms with van der Waals surface area (Å²) in [7, 11) is 0. The molecular formula is C29H20F6N2O6. The number of halogens is 6. The Hall–Kier alpha value is -5.40. The maximum absolute atomic E-state index is 14.6. The summed E-state index contributed by atoms with van der Waals surface area (Å²) < 4.78 is 98.2. The Labute approximate surface area is 238 Å². The number of benzene rings is 4. The lowest BCUT2D eigenvalue weighted by Gasteiger charge is -2.38. The minimum Gasteiger partial charge on any atom is -0.478 e. The number of hydrogen-bond acceptors (Lipinski definition) is 6. The molecule has 0 bridgehead atoms. The third-order valence-electron chi connectivity index (χ3n) is 6.35. The lowest BCUT2D eigenvalue weighted by atomic mass is 9.73. The van der Waals surface area contributed by atoms with Gasteiger partial charge >= 0.3 is 24.3 Å². The number of rotatable bonds is 8. The summed E-state index contributed by atoms with van der Waals surface area (Å²) in [5.41, 5.74) is 3.89. The Morgan fingerprint density at radius 1 is 0.558 bits per heavy atom. The molecule has 0 amide bonds. The summed E-state index contributed by atoms with van der Waals surface area (Å²) >= 11 is 0. The van der Waals surface area contributed by atoms with Gasteiger partial charge in [-0.25, -0.2) is 9.59 Å². The molecule has 0 heterocycles. The number of anilines is 2. The predicted molar refractivity (Wildman–Crippen MR) is 142 cm³/mol. The van der Waals surface area contributed by atoms with Crippen molar-refractivity contribution in [2.24, 2.45) is 0 Å². The Morgan fingerprint density at radius 2 is 0.884 bits per heavy atom. The van der Waals surface area contributed by atoms with Crippen LogP contribution in [0, 0.1) is 0 Å². The average Bonchev–Trinajstić information content (AvgIpc) is 2.89. The number of ether oxygens (including phenoxy) is 2. The Morgan fingerprint density at radius 3 is 1.16 bits per heavy atom. The van der Waals surface area contributed by atoms with Crippen molar-refractivity contribution in [1.29, 1.82) is 0 Å². The van der Waals surface area contributed by atoms with Gasteiger partial charge in [0.15, 0.2) is 0 Å². The maximum atomic E-state index is 14.6. The maximum Gasteiger partial charge on any atom is 0.411 e. The molecule has 4 rings (SSSR count). The molecular weight excluding hydrogens is 586 g/mol. The van der Waals surface area contributed by atoms with Gasteiger partial charge < -0.3 is 31.2 Å². The zero-order valence-electron chi connectivity index (χ0n) is 21.5. The molecule has 0 atom stereocenters. The van der Waals surface area contributed by atoms with Crippen molar-refractivity contribution in [3.63, 3.8) is 0 Å². The van der Waals surface area contributed by atoms with Crippen LogP contribution in [0.15, 0.2) is 84.9 Å². The Kier molecular flexibility index (Phi) is 7.90. The predicted octanol–water partition coefficient (Wildman–Crippen LogP) is 7.24. The molecule has 6 N–H and O–H groups in total. The van der Waals surface area contributed by atoms with Crippen LogP contribution in [0.1, 0.15) is 31.8 Å². The summed E-state index contributed by atoms with van der Waals surface area (Å²) in [6, 6.07) is 12.7. The highest BCUT2D eigenvalue weighted by Gasteiger charge is 2.72. The fraction of sp³-hybridized carbons (Fsp3) is 0.103. The van der Waals surface area contributed by atoms with Gasteiger partial charge in [-0.3, -0.25) is 0 Å². The lowest BCUT2D eigenvalue weighted by Crippen LogP contribution is -2.54. The number of carbonyl (C=O) groups is 2. The zero-order chi connectivity index (χ0) is 31.7. The summed E-state index contributed by atoms with van der Waals surface area (Å²) in [6.45, 7) is 0. The summed E-state index contributed by atoms with van der Waals surface area (Å²) in [5, 5.41) is 18.7. The van der Waals surface area contributed by atoms with E-state index in [0.29, 0.717) is 24.3 Å². The number of aromatic carboxylic acids is 2. The highest BCUT2D eigenvalue weighted by Crippen LogP contribution is 2.56. The van der Waals surface area contributed by atoms with E-state index in [-0.39, 0.29) is 45.5 Å². The molecule has 43 heavy (non-hydrogen) atoms. The molecule has 4 aromatic rings. The normalized spacial score (nSPS) is 12.0. The van der Waals surface area contributed by atoms with Crippen molar-refractivity contribution in [1.82, 2.24) is 0 Å². The van der Waals surface area contributed by atoms with E-state index in [2.05, 4.69) is 0 Å². The summed E-state index contributed by atoms with van der Waals surface area (Å²) in [5.74, 6) is -3.87. The molecule has 0 fully saturated rings. The zero-order valence-corrected chi connectivity index (χ0v) is 21.5. The minimum atomic E-state index is -5.90. The summed E-state index contributed by atoms with van der Waals surface area (Å²) in [6.07, 6.45) is -11.8. The number of nitrogen functional groups attached to an aromatic ring is 2. The molecule has 224 valence electrons. The van der Waals surface area contributed by atoms with E-state index < -0.39 is 40.8 Å². The van der Waals surface area contributed by atoms with Crippen molar-refractivity contribution in [3.8, 4) is 23.0 Å². The van der Waals surface area contributed by atoms with Gasteiger partial charge in [-0.15, -0.1) is 0 Å². The molecule has 0 saturated carbocycles. The number of hydrogen-bond donors (Lipinski definition) is 4. The van der Waals surface area contributed by atoms with Crippen LogP contribution in [-0.4, -0.2) is 34.5 Å². The van der Waals surface area contributed by atoms with Gasteiger partial charge in [0.1, 0.15) is 34.1 Å². The highest BCUT2D eigenvalue weighted by molar-refractivity contribution is 5.92. The molecule has 0 spiro atoms. The van der Waals surface area contributed by atoms with E-state index >= 15 is 0 Å². The van der Waals surface area contributed by atoms with Crippen molar-refractivity contribution >= 4 is 23.3 Å². The fourth-order valence-corrected chi connectivity index (χ4v) is 4.38. The highest BCUT2D eigenvalue weighted by atomic mass is 19.4. The van der Waals surface area contributed by atoms with E-state index in [9.17, 15) is 46.1 Å². The van der Waals surface area contributed by atoms with Crippen molar-refractivity contribution in [2.75, 3.05) is 11.5 Å². The first kappa shape index (κ1) is 30.6. The molecule has 0 aliphatic rings. The largest absolute Gasteiger partial charge is 0.478 e. The number of nitrogens with two attached hydrogens (primary N) is 2. The van der Waals surface area contributed by atoms with E-state index in [1.54, 1.807) is 0 Å². The second-order valence-electron chi connectivity index (χ2n) is 9.12. The first-order valence-electron chi connectivity index (χ1n) is 12.0.